The molecular weight excluding hydrogens is 296 g/mol. The van der Waals surface area contributed by atoms with Crippen molar-refractivity contribution >= 4 is 17.7 Å². The van der Waals surface area contributed by atoms with Gasteiger partial charge in [0.1, 0.15) is 5.82 Å². The maximum absolute atomic E-state index is 5.76. The van der Waals surface area contributed by atoms with Crippen LogP contribution in [0.4, 0.5) is 5.95 Å². The van der Waals surface area contributed by atoms with Gasteiger partial charge in [0.2, 0.25) is 5.95 Å². The van der Waals surface area contributed by atoms with Gasteiger partial charge in [0, 0.05) is 19.1 Å². The zero-order chi connectivity index (χ0) is 15.4. The summed E-state index contributed by atoms with van der Waals surface area (Å²) in [6.45, 7) is 5.63. The Morgan fingerprint density at radius 3 is 2.45 bits per heavy atom. The summed E-state index contributed by atoms with van der Waals surface area (Å²) in [5.41, 5.74) is 5.76. The third kappa shape index (κ3) is 4.08. The highest BCUT2D eigenvalue weighted by Gasteiger charge is 2.25. The van der Waals surface area contributed by atoms with Gasteiger partial charge in [-0.05, 0) is 45.0 Å². The highest BCUT2D eigenvalue weighted by atomic mass is 32.2. The molecule has 0 amide bonds. The zero-order valence-corrected chi connectivity index (χ0v) is 14.2. The van der Waals surface area contributed by atoms with Crippen molar-refractivity contribution in [2.75, 3.05) is 38.2 Å². The molecule has 2 N–H and O–H groups in total. The summed E-state index contributed by atoms with van der Waals surface area (Å²) in [6, 6.07) is 0.779. The molecule has 0 saturated carbocycles. The smallest absolute Gasteiger partial charge is 0.224 e. The van der Waals surface area contributed by atoms with Gasteiger partial charge >= 0.3 is 0 Å². The third-order valence-electron chi connectivity index (χ3n) is 4.69. The molecule has 122 valence electrons. The minimum Gasteiger partial charge on any atom is -0.368 e. The average Bonchev–Trinajstić information content (AvgIpc) is 2.56. The van der Waals surface area contributed by atoms with Crippen molar-refractivity contribution < 1.29 is 0 Å². The van der Waals surface area contributed by atoms with Gasteiger partial charge in [-0.15, -0.1) is 0 Å². The largest absolute Gasteiger partial charge is 0.368 e. The van der Waals surface area contributed by atoms with Gasteiger partial charge in [-0.2, -0.15) is 9.97 Å². The lowest BCUT2D eigenvalue weighted by Crippen LogP contribution is -2.46. The molecule has 7 heteroatoms. The number of likely N-dealkylation sites (tertiary alicyclic amines) is 2. The maximum Gasteiger partial charge on any atom is 0.224 e. The van der Waals surface area contributed by atoms with Crippen molar-refractivity contribution in [1.29, 1.82) is 0 Å². The molecule has 2 fully saturated rings. The van der Waals surface area contributed by atoms with Crippen LogP contribution in [0.1, 0.15) is 37.9 Å². The van der Waals surface area contributed by atoms with Crippen LogP contribution in [0.5, 0.6) is 0 Å². The molecule has 3 rings (SSSR count). The van der Waals surface area contributed by atoms with Crippen molar-refractivity contribution in [3.63, 3.8) is 0 Å². The predicted molar refractivity (Wildman–Crippen MR) is 89.7 cm³/mol. The normalized spacial score (nSPS) is 22.0. The molecule has 0 aliphatic carbocycles. The first-order chi connectivity index (χ1) is 10.7. The van der Waals surface area contributed by atoms with E-state index in [1.165, 1.54) is 57.0 Å². The molecule has 1 aromatic rings. The van der Waals surface area contributed by atoms with E-state index in [-0.39, 0.29) is 0 Å². The standard InChI is InChI=1S/C15H26N6S/c1-22-15-18-13(17-14(16)19-15)11-20-9-5-12(6-10-20)21-7-3-2-4-8-21/h12H,2-11H2,1H3,(H2,16,17,18,19). The average molecular weight is 322 g/mol. The lowest BCUT2D eigenvalue weighted by molar-refractivity contribution is 0.0884. The van der Waals surface area contributed by atoms with Crippen LogP contribution in [0, 0.1) is 0 Å². The van der Waals surface area contributed by atoms with Crippen LogP contribution in [-0.4, -0.2) is 63.2 Å². The van der Waals surface area contributed by atoms with Crippen molar-refractivity contribution in [2.24, 2.45) is 0 Å². The Hall–Kier alpha value is -0.920. The van der Waals surface area contributed by atoms with Crippen molar-refractivity contribution in [3.05, 3.63) is 5.82 Å². The van der Waals surface area contributed by atoms with E-state index in [1.807, 2.05) is 6.26 Å². The molecule has 0 unspecified atom stereocenters. The molecule has 2 aliphatic rings. The first-order valence-electron chi connectivity index (χ1n) is 8.25. The molecule has 1 aromatic heterocycles. The molecule has 0 radical (unpaired) electrons. The Bertz CT molecular complexity index is 483. The highest BCUT2D eigenvalue weighted by Crippen LogP contribution is 2.21. The molecule has 0 aromatic carbocycles. The first-order valence-corrected chi connectivity index (χ1v) is 9.48. The number of anilines is 1. The van der Waals surface area contributed by atoms with E-state index in [9.17, 15) is 0 Å². The summed E-state index contributed by atoms with van der Waals surface area (Å²) in [5.74, 6) is 1.13. The van der Waals surface area contributed by atoms with Gasteiger partial charge in [0.05, 0.1) is 6.54 Å². The molecule has 22 heavy (non-hydrogen) atoms. The second-order valence-electron chi connectivity index (χ2n) is 6.20. The molecule has 3 heterocycles. The Balaban J connectivity index is 1.52. The van der Waals surface area contributed by atoms with E-state index >= 15 is 0 Å². The number of thioether (sulfide) groups is 1. The van der Waals surface area contributed by atoms with Crippen LogP contribution >= 0.6 is 11.8 Å². The van der Waals surface area contributed by atoms with E-state index in [0.29, 0.717) is 11.1 Å². The van der Waals surface area contributed by atoms with Crippen LogP contribution in [0.2, 0.25) is 0 Å². The third-order valence-corrected chi connectivity index (χ3v) is 5.24. The van der Waals surface area contributed by atoms with E-state index in [1.54, 1.807) is 0 Å². The lowest BCUT2D eigenvalue weighted by Gasteiger charge is -2.40. The fraction of sp³-hybridized carbons (Fsp3) is 0.800. The number of aromatic nitrogens is 3. The summed E-state index contributed by atoms with van der Waals surface area (Å²) in [4.78, 5) is 18.0. The van der Waals surface area contributed by atoms with Crippen LogP contribution in [0.15, 0.2) is 5.16 Å². The predicted octanol–water partition coefficient (Wildman–Crippen LogP) is 1.63. The minimum absolute atomic E-state index is 0.331. The highest BCUT2D eigenvalue weighted by molar-refractivity contribution is 7.98. The Kier molecular flexibility index (Phi) is 5.49. The summed E-state index contributed by atoms with van der Waals surface area (Å²) in [6.07, 6.45) is 8.64. The Morgan fingerprint density at radius 2 is 1.77 bits per heavy atom. The van der Waals surface area contributed by atoms with Crippen LogP contribution in [-0.2, 0) is 6.54 Å². The molecule has 0 spiro atoms. The minimum atomic E-state index is 0.331. The quantitative estimate of drug-likeness (QED) is 0.845. The molecular formula is C15H26N6S. The number of hydrogen-bond donors (Lipinski definition) is 1. The van der Waals surface area contributed by atoms with Gasteiger partial charge in [0.25, 0.3) is 0 Å². The van der Waals surface area contributed by atoms with E-state index < -0.39 is 0 Å². The summed E-state index contributed by atoms with van der Waals surface area (Å²) >= 11 is 1.51. The fourth-order valence-corrected chi connectivity index (χ4v) is 3.89. The van der Waals surface area contributed by atoms with E-state index in [4.69, 9.17) is 5.73 Å². The van der Waals surface area contributed by atoms with Gasteiger partial charge in [-0.1, -0.05) is 18.2 Å². The lowest BCUT2D eigenvalue weighted by atomic mass is 10.00. The number of nitrogens with two attached hydrogens (primary N) is 1. The van der Waals surface area contributed by atoms with Crippen LogP contribution < -0.4 is 5.73 Å². The summed E-state index contributed by atoms with van der Waals surface area (Å²) in [7, 11) is 0. The zero-order valence-electron chi connectivity index (χ0n) is 13.4. The second kappa shape index (κ2) is 7.57. The second-order valence-corrected chi connectivity index (χ2v) is 6.97. The summed E-state index contributed by atoms with van der Waals surface area (Å²) < 4.78 is 0. The fourth-order valence-electron chi connectivity index (χ4n) is 3.50. The van der Waals surface area contributed by atoms with Crippen LogP contribution in [0.3, 0.4) is 0 Å². The SMILES string of the molecule is CSc1nc(N)nc(CN2CCC(N3CCCCC3)CC2)n1. The molecule has 0 atom stereocenters. The van der Waals surface area contributed by atoms with Crippen LogP contribution in [0.25, 0.3) is 0 Å². The van der Waals surface area contributed by atoms with Crippen molar-refractivity contribution in [1.82, 2.24) is 24.8 Å². The number of nitrogen functional groups attached to an aromatic ring is 1. The van der Waals surface area contributed by atoms with Crippen molar-refractivity contribution in [2.45, 2.75) is 49.8 Å². The molecule has 6 nitrogen and oxygen atoms in total. The van der Waals surface area contributed by atoms with E-state index in [2.05, 4.69) is 24.8 Å². The first kappa shape index (κ1) is 16.0. The maximum atomic E-state index is 5.76. The molecule has 2 aliphatic heterocycles. The van der Waals surface area contributed by atoms with Gasteiger partial charge in [-0.25, -0.2) is 4.98 Å². The Morgan fingerprint density at radius 1 is 1.05 bits per heavy atom. The van der Waals surface area contributed by atoms with Gasteiger partial charge < -0.3 is 10.6 Å². The number of nitrogens with zero attached hydrogens (tertiary/aromatic N) is 5. The van der Waals surface area contributed by atoms with Gasteiger partial charge in [0.15, 0.2) is 5.16 Å². The molecule has 0 bridgehead atoms. The van der Waals surface area contributed by atoms with Crippen molar-refractivity contribution in [3.8, 4) is 0 Å². The van der Waals surface area contributed by atoms with Gasteiger partial charge in [-0.3, -0.25) is 4.90 Å². The molecule has 2 saturated heterocycles. The number of hydrogen-bond acceptors (Lipinski definition) is 7. The van der Waals surface area contributed by atoms with E-state index in [0.717, 1.165) is 31.5 Å². The number of rotatable bonds is 4. The Labute approximate surface area is 136 Å². The topological polar surface area (TPSA) is 71.2 Å². The summed E-state index contributed by atoms with van der Waals surface area (Å²) in [5, 5.41) is 0.714. The monoisotopic (exact) mass is 322 g/mol. The number of piperidine rings is 2.